The van der Waals surface area contributed by atoms with Gasteiger partial charge in [-0.1, -0.05) is 17.7 Å². The Morgan fingerprint density at radius 2 is 1.95 bits per heavy atom. The zero-order chi connectivity index (χ0) is 15.1. The molecule has 2 N–H and O–H groups in total. The number of hydrogen-bond donors (Lipinski definition) is 2. The van der Waals surface area contributed by atoms with Gasteiger partial charge in [-0.2, -0.15) is 0 Å². The number of nitrogens with one attached hydrogen (secondary N) is 1. The van der Waals surface area contributed by atoms with E-state index in [1.807, 2.05) is 13.0 Å². The molecule has 2 fully saturated rings. The van der Waals surface area contributed by atoms with Gasteiger partial charge in [0.25, 0.3) is 0 Å². The van der Waals surface area contributed by atoms with Crippen LogP contribution in [0.2, 0.25) is 5.02 Å². The predicted molar refractivity (Wildman–Crippen MR) is 77.3 cm³/mol. The molecule has 4 atom stereocenters. The average Bonchev–Trinajstić information content (AvgIpc) is 3.03. The molecule has 1 aromatic rings. The highest BCUT2D eigenvalue weighted by Gasteiger charge is 2.55. The van der Waals surface area contributed by atoms with E-state index in [1.165, 1.54) is 0 Å². The smallest absolute Gasteiger partial charge is 0.310 e. The third-order valence-corrected chi connectivity index (χ3v) is 4.55. The number of aryl methyl sites for hydroxylation is 1. The van der Waals surface area contributed by atoms with Crippen molar-refractivity contribution < 1.29 is 19.4 Å². The summed E-state index contributed by atoms with van der Waals surface area (Å²) in [5.74, 6) is -2.67. The summed E-state index contributed by atoms with van der Waals surface area (Å²) < 4.78 is 5.60. The Labute approximate surface area is 127 Å². The van der Waals surface area contributed by atoms with Crippen molar-refractivity contribution in [3.8, 4) is 0 Å². The Hall–Kier alpha value is -1.59. The van der Waals surface area contributed by atoms with Crippen molar-refractivity contribution in [3.05, 3.63) is 28.8 Å². The van der Waals surface area contributed by atoms with Crippen LogP contribution in [-0.4, -0.2) is 29.2 Å². The minimum atomic E-state index is -0.967. The van der Waals surface area contributed by atoms with Crippen LogP contribution in [-0.2, 0) is 14.3 Å². The third-order valence-electron chi connectivity index (χ3n) is 4.32. The van der Waals surface area contributed by atoms with E-state index < -0.39 is 17.8 Å². The quantitative estimate of drug-likeness (QED) is 0.899. The molecule has 21 heavy (non-hydrogen) atoms. The predicted octanol–water partition coefficient (Wildman–Crippen LogP) is 2.47. The number of anilines is 1. The summed E-state index contributed by atoms with van der Waals surface area (Å²) in [6, 6.07) is 5.22. The fourth-order valence-electron chi connectivity index (χ4n) is 3.27. The molecule has 5 nitrogen and oxygen atoms in total. The molecule has 1 aromatic carbocycles. The van der Waals surface area contributed by atoms with Crippen LogP contribution in [0.15, 0.2) is 18.2 Å². The van der Waals surface area contributed by atoms with Crippen LogP contribution in [0, 0.1) is 18.8 Å². The number of benzene rings is 1. The van der Waals surface area contributed by atoms with E-state index in [2.05, 4.69) is 5.32 Å². The lowest BCUT2D eigenvalue weighted by molar-refractivity contribution is -0.147. The van der Waals surface area contributed by atoms with Crippen molar-refractivity contribution >= 4 is 29.2 Å². The maximum atomic E-state index is 12.5. The number of aliphatic carboxylic acids is 1. The Bertz CT molecular complexity index is 603. The molecule has 2 bridgehead atoms. The molecule has 6 heteroatoms. The van der Waals surface area contributed by atoms with E-state index in [9.17, 15) is 14.7 Å². The van der Waals surface area contributed by atoms with E-state index in [4.69, 9.17) is 16.3 Å². The molecular formula is C15H16ClNO4. The van der Waals surface area contributed by atoms with Crippen LogP contribution in [0.1, 0.15) is 18.4 Å². The molecule has 112 valence electrons. The lowest BCUT2D eigenvalue weighted by Crippen LogP contribution is -2.41. The monoisotopic (exact) mass is 309 g/mol. The maximum absolute atomic E-state index is 12.5. The first-order valence-corrected chi connectivity index (χ1v) is 7.30. The lowest BCUT2D eigenvalue weighted by Gasteiger charge is -2.24. The van der Waals surface area contributed by atoms with Crippen LogP contribution in [0.25, 0.3) is 0 Å². The zero-order valence-corrected chi connectivity index (χ0v) is 12.3. The Balaban J connectivity index is 1.81. The number of ether oxygens (including phenoxy) is 1. The molecular weight excluding hydrogens is 294 g/mol. The standard InChI is InChI=1S/C15H16ClNO4/c1-7-2-3-8(16)6-9(7)17-14(18)12-10-4-5-11(21-10)13(12)15(19)20/h2-3,6,10-13H,4-5H2,1H3,(H,17,18)(H,19,20)/t10-,11+,12-,13+/m1/s1. The molecule has 2 saturated heterocycles. The number of carboxylic acid groups (broad SMARTS) is 1. The van der Waals surface area contributed by atoms with E-state index in [-0.39, 0.29) is 18.1 Å². The van der Waals surface area contributed by atoms with Crippen LogP contribution < -0.4 is 5.32 Å². The van der Waals surface area contributed by atoms with Crippen molar-refractivity contribution in [3.63, 3.8) is 0 Å². The lowest BCUT2D eigenvalue weighted by atomic mass is 9.78. The summed E-state index contributed by atoms with van der Waals surface area (Å²) in [5, 5.41) is 12.7. The molecule has 0 unspecified atom stereocenters. The number of fused-ring (bicyclic) bond motifs is 2. The minimum absolute atomic E-state index is 0.296. The summed E-state index contributed by atoms with van der Waals surface area (Å²) in [5.41, 5.74) is 1.49. The van der Waals surface area contributed by atoms with Crippen molar-refractivity contribution in [1.82, 2.24) is 0 Å². The van der Waals surface area contributed by atoms with Gasteiger partial charge in [0.2, 0.25) is 5.91 Å². The Kier molecular flexibility index (Phi) is 3.63. The topological polar surface area (TPSA) is 75.6 Å². The summed E-state index contributed by atoms with van der Waals surface area (Å²) in [6.07, 6.45) is 0.808. The van der Waals surface area contributed by atoms with Crippen LogP contribution >= 0.6 is 11.6 Å². The largest absolute Gasteiger partial charge is 0.481 e. The van der Waals surface area contributed by atoms with E-state index in [0.29, 0.717) is 17.1 Å². The molecule has 0 aromatic heterocycles. The summed E-state index contributed by atoms with van der Waals surface area (Å²) >= 11 is 5.93. The van der Waals surface area contributed by atoms with Gasteiger partial charge in [-0.15, -0.1) is 0 Å². The second-order valence-corrected chi connectivity index (χ2v) is 6.07. The molecule has 1 amide bonds. The van der Waals surface area contributed by atoms with Crippen LogP contribution in [0.4, 0.5) is 5.69 Å². The Morgan fingerprint density at radius 3 is 2.62 bits per heavy atom. The first-order valence-electron chi connectivity index (χ1n) is 6.92. The van der Waals surface area contributed by atoms with Crippen molar-refractivity contribution in [2.75, 3.05) is 5.32 Å². The van der Waals surface area contributed by atoms with Gasteiger partial charge < -0.3 is 15.2 Å². The number of hydrogen-bond acceptors (Lipinski definition) is 3. The third kappa shape index (κ3) is 2.51. The SMILES string of the molecule is Cc1ccc(Cl)cc1NC(=O)[C@H]1[C@@H](C(=O)O)[C@@H]2CC[C@H]1O2. The second-order valence-electron chi connectivity index (χ2n) is 5.63. The second kappa shape index (κ2) is 5.31. The van der Waals surface area contributed by atoms with Gasteiger partial charge in [-0.25, -0.2) is 0 Å². The number of carbonyl (C=O) groups is 2. The van der Waals surface area contributed by atoms with Gasteiger partial charge in [0.05, 0.1) is 24.0 Å². The molecule has 0 aliphatic carbocycles. The number of halogens is 1. The van der Waals surface area contributed by atoms with Gasteiger partial charge in [-0.3, -0.25) is 9.59 Å². The Morgan fingerprint density at radius 1 is 1.29 bits per heavy atom. The molecule has 3 rings (SSSR count). The molecule has 0 spiro atoms. The molecule has 0 radical (unpaired) electrons. The number of rotatable bonds is 3. The molecule has 2 heterocycles. The molecule has 0 saturated carbocycles. The van der Waals surface area contributed by atoms with Gasteiger partial charge >= 0.3 is 5.97 Å². The molecule has 2 aliphatic rings. The highest BCUT2D eigenvalue weighted by atomic mass is 35.5. The zero-order valence-electron chi connectivity index (χ0n) is 11.5. The summed E-state index contributed by atoms with van der Waals surface area (Å²) in [4.78, 5) is 23.9. The first kappa shape index (κ1) is 14.4. The highest BCUT2D eigenvalue weighted by Crippen LogP contribution is 2.44. The van der Waals surface area contributed by atoms with Crippen molar-refractivity contribution in [2.45, 2.75) is 32.0 Å². The fourth-order valence-corrected chi connectivity index (χ4v) is 3.44. The first-order chi connectivity index (χ1) is 9.97. The average molecular weight is 310 g/mol. The van der Waals surface area contributed by atoms with E-state index >= 15 is 0 Å². The fraction of sp³-hybridized carbons (Fsp3) is 0.467. The normalized spacial score (nSPS) is 30.4. The van der Waals surface area contributed by atoms with E-state index in [1.54, 1.807) is 12.1 Å². The molecule has 2 aliphatic heterocycles. The highest BCUT2D eigenvalue weighted by molar-refractivity contribution is 6.31. The maximum Gasteiger partial charge on any atom is 0.310 e. The summed E-state index contributed by atoms with van der Waals surface area (Å²) in [7, 11) is 0. The van der Waals surface area contributed by atoms with Gasteiger partial charge in [-0.05, 0) is 37.5 Å². The van der Waals surface area contributed by atoms with Crippen LogP contribution in [0.3, 0.4) is 0 Å². The summed E-state index contributed by atoms with van der Waals surface area (Å²) in [6.45, 7) is 1.86. The van der Waals surface area contributed by atoms with Gasteiger partial charge in [0.1, 0.15) is 0 Å². The van der Waals surface area contributed by atoms with E-state index in [0.717, 1.165) is 12.0 Å². The van der Waals surface area contributed by atoms with Crippen LogP contribution in [0.5, 0.6) is 0 Å². The number of carboxylic acids is 1. The van der Waals surface area contributed by atoms with Crippen molar-refractivity contribution in [2.24, 2.45) is 11.8 Å². The number of amides is 1. The number of carbonyl (C=O) groups excluding carboxylic acids is 1. The van der Waals surface area contributed by atoms with Gasteiger partial charge in [0, 0.05) is 10.7 Å². The van der Waals surface area contributed by atoms with Crippen molar-refractivity contribution in [1.29, 1.82) is 0 Å². The van der Waals surface area contributed by atoms with Gasteiger partial charge in [0.15, 0.2) is 0 Å². The minimum Gasteiger partial charge on any atom is -0.481 e.